The molecule has 0 saturated heterocycles. The van der Waals surface area contributed by atoms with Gasteiger partial charge in [-0.25, -0.2) is 0 Å². The van der Waals surface area contributed by atoms with Crippen LogP contribution in [0, 0.1) is 11.3 Å². The van der Waals surface area contributed by atoms with E-state index in [0.29, 0.717) is 6.54 Å². The predicted molar refractivity (Wildman–Crippen MR) is 48.2 cm³/mol. The lowest BCUT2D eigenvalue weighted by molar-refractivity contribution is 0.0770. The SMILES string of the molecule is CCCN(CC#N)C(=O)c1cn[nH]n1. The van der Waals surface area contributed by atoms with Crippen molar-refractivity contribution in [1.82, 2.24) is 20.3 Å². The van der Waals surface area contributed by atoms with Crippen LogP contribution in [0.3, 0.4) is 0 Å². The summed E-state index contributed by atoms with van der Waals surface area (Å²) in [5, 5.41) is 18.1. The Morgan fingerprint density at radius 2 is 2.57 bits per heavy atom. The molecule has 1 N–H and O–H groups in total. The number of amides is 1. The molecule has 0 spiro atoms. The minimum Gasteiger partial charge on any atom is -0.324 e. The van der Waals surface area contributed by atoms with E-state index in [1.54, 1.807) is 0 Å². The first-order chi connectivity index (χ1) is 6.79. The molecular weight excluding hydrogens is 182 g/mol. The van der Waals surface area contributed by atoms with Gasteiger partial charge in [0.25, 0.3) is 5.91 Å². The fourth-order valence-corrected chi connectivity index (χ4v) is 1.07. The summed E-state index contributed by atoms with van der Waals surface area (Å²) in [6, 6.07) is 1.94. The largest absolute Gasteiger partial charge is 0.324 e. The highest BCUT2D eigenvalue weighted by Gasteiger charge is 2.16. The van der Waals surface area contributed by atoms with Crippen molar-refractivity contribution < 1.29 is 4.79 Å². The van der Waals surface area contributed by atoms with E-state index in [4.69, 9.17) is 5.26 Å². The third-order valence-electron chi connectivity index (χ3n) is 1.68. The minimum absolute atomic E-state index is 0.0829. The van der Waals surface area contributed by atoms with E-state index in [-0.39, 0.29) is 18.1 Å². The van der Waals surface area contributed by atoms with Gasteiger partial charge in [0, 0.05) is 6.54 Å². The standard InChI is InChI=1S/C8H11N5O/c1-2-4-13(5-3-9)8(14)7-6-10-12-11-7/h6H,2,4-5H2,1H3,(H,10,11,12). The van der Waals surface area contributed by atoms with Crippen LogP contribution in [0.2, 0.25) is 0 Å². The lowest BCUT2D eigenvalue weighted by atomic mass is 10.3. The highest BCUT2D eigenvalue weighted by atomic mass is 16.2. The fraction of sp³-hybridized carbons (Fsp3) is 0.500. The zero-order valence-corrected chi connectivity index (χ0v) is 7.90. The highest BCUT2D eigenvalue weighted by molar-refractivity contribution is 5.92. The maximum atomic E-state index is 11.6. The normalized spacial score (nSPS) is 9.43. The van der Waals surface area contributed by atoms with Crippen LogP contribution in [-0.4, -0.2) is 39.3 Å². The average molecular weight is 193 g/mol. The molecule has 6 nitrogen and oxygen atoms in total. The van der Waals surface area contributed by atoms with Crippen molar-refractivity contribution in [2.45, 2.75) is 13.3 Å². The molecule has 1 aromatic rings. The van der Waals surface area contributed by atoms with Gasteiger partial charge in [0.2, 0.25) is 0 Å². The zero-order chi connectivity index (χ0) is 10.4. The van der Waals surface area contributed by atoms with Crippen LogP contribution in [0.1, 0.15) is 23.8 Å². The van der Waals surface area contributed by atoms with Gasteiger partial charge in [-0.3, -0.25) is 4.79 Å². The van der Waals surface area contributed by atoms with Gasteiger partial charge in [-0.1, -0.05) is 6.92 Å². The molecule has 0 atom stereocenters. The third kappa shape index (κ3) is 2.29. The lowest BCUT2D eigenvalue weighted by Crippen LogP contribution is -2.32. The van der Waals surface area contributed by atoms with Crippen molar-refractivity contribution in [3.63, 3.8) is 0 Å². The Morgan fingerprint density at radius 1 is 1.79 bits per heavy atom. The van der Waals surface area contributed by atoms with Gasteiger partial charge in [0.05, 0.1) is 12.3 Å². The van der Waals surface area contributed by atoms with Gasteiger partial charge in [-0.2, -0.15) is 20.7 Å². The molecule has 0 fully saturated rings. The summed E-state index contributed by atoms with van der Waals surface area (Å²) in [6.45, 7) is 2.58. The summed E-state index contributed by atoms with van der Waals surface area (Å²) < 4.78 is 0. The Morgan fingerprint density at radius 3 is 3.07 bits per heavy atom. The summed E-state index contributed by atoms with van der Waals surface area (Å²) >= 11 is 0. The molecule has 6 heteroatoms. The first-order valence-electron chi connectivity index (χ1n) is 4.31. The molecule has 1 aromatic heterocycles. The maximum absolute atomic E-state index is 11.6. The molecule has 14 heavy (non-hydrogen) atoms. The lowest BCUT2D eigenvalue weighted by Gasteiger charge is -2.16. The van der Waals surface area contributed by atoms with Crippen molar-refractivity contribution in [2.24, 2.45) is 0 Å². The highest BCUT2D eigenvalue weighted by Crippen LogP contribution is 1.99. The Kier molecular flexibility index (Phi) is 3.61. The van der Waals surface area contributed by atoms with Gasteiger partial charge < -0.3 is 4.90 Å². The van der Waals surface area contributed by atoms with E-state index in [1.807, 2.05) is 13.0 Å². The zero-order valence-electron chi connectivity index (χ0n) is 7.90. The van der Waals surface area contributed by atoms with Crippen LogP contribution < -0.4 is 0 Å². The summed E-state index contributed by atoms with van der Waals surface area (Å²) in [5.41, 5.74) is 0.244. The minimum atomic E-state index is -0.262. The van der Waals surface area contributed by atoms with Crippen LogP contribution in [-0.2, 0) is 0 Å². The number of carbonyl (C=O) groups excluding carboxylic acids is 1. The number of aromatic nitrogens is 3. The van der Waals surface area contributed by atoms with Crippen LogP contribution >= 0.6 is 0 Å². The molecule has 0 saturated carbocycles. The monoisotopic (exact) mass is 193 g/mol. The van der Waals surface area contributed by atoms with Crippen molar-refractivity contribution in [2.75, 3.05) is 13.1 Å². The quantitative estimate of drug-likeness (QED) is 0.691. The van der Waals surface area contributed by atoms with Crippen LogP contribution in [0.4, 0.5) is 0 Å². The van der Waals surface area contributed by atoms with Gasteiger partial charge in [0.1, 0.15) is 6.54 Å². The smallest absolute Gasteiger partial charge is 0.276 e. The van der Waals surface area contributed by atoms with E-state index >= 15 is 0 Å². The number of rotatable bonds is 4. The van der Waals surface area contributed by atoms with Crippen molar-refractivity contribution >= 4 is 5.91 Å². The molecule has 0 bridgehead atoms. The summed E-state index contributed by atoms with van der Waals surface area (Å²) in [4.78, 5) is 13.1. The van der Waals surface area contributed by atoms with Gasteiger partial charge >= 0.3 is 0 Å². The van der Waals surface area contributed by atoms with Crippen LogP contribution in [0.25, 0.3) is 0 Å². The van der Waals surface area contributed by atoms with Crippen molar-refractivity contribution in [3.05, 3.63) is 11.9 Å². The van der Waals surface area contributed by atoms with E-state index in [0.717, 1.165) is 6.42 Å². The Bertz CT molecular complexity index is 326. The Balaban J connectivity index is 2.69. The molecule has 0 aliphatic carbocycles. The average Bonchev–Trinajstić information content (AvgIpc) is 2.69. The van der Waals surface area contributed by atoms with Gasteiger partial charge in [-0.15, -0.1) is 0 Å². The molecule has 1 heterocycles. The second-order valence-electron chi connectivity index (χ2n) is 2.74. The maximum Gasteiger partial charge on any atom is 0.276 e. The number of carbonyl (C=O) groups is 1. The molecule has 0 unspecified atom stereocenters. The van der Waals surface area contributed by atoms with E-state index < -0.39 is 0 Å². The van der Waals surface area contributed by atoms with E-state index in [9.17, 15) is 4.79 Å². The Hall–Kier alpha value is -1.90. The number of nitrogens with zero attached hydrogens (tertiary/aromatic N) is 4. The van der Waals surface area contributed by atoms with Crippen molar-refractivity contribution in [3.8, 4) is 6.07 Å². The number of hydrogen-bond donors (Lipinski definition) is 1. The van der Waals surface area contributed by atoms with Gasteiger partial charge in [-0.05, 0) is 6.42 Å². The first kappa shape index (κ1) is 10.2. The molecule has 0 radical (unpaired) electrons. The van der Waals surface area contributed by atoms with Crippen LogP contribution in [0.5, 0.6) is 0 Å². The number of H-pyrrole nitrogens is 1. The first-order valence-corrected chi connectivity index (χ1v) is 4.31. The summed E-state index contributed by atoms with van der Waals surface area (Å²) in [6.07, 6.45) is 2.16. The third-order valence-corrected chi connectivity index (χ3v) is 1.68. The fourth-order valence-electron chi connectivity index (χ4n) is 1.07. The predicted octanol–water partition coefficient (Wildman–Crippen LogP) is 0.180. The molecule has 0 aliphatic heterocycles. The molecule has 1 rings (SSSR count). The second kappa shape index (κ2) is 4.97. The number of hydrogen-bond acceptors (Lipinski definition) is 4. The topological polar surface area (TPSA) is 85.7 Å². The van der Waals surface area contributed by atoms with Crippen molar-refractivity contribution in [1.29, 1.82) is 5.26 Å². The number of nitriles is 1. The second-order valence-corrected chi connectivity index (χ2v) is 2.74. The summed E-state index contributed by atoms with van der Waals surface area (Å²) in [5.74, 6) is -0.262. The molecule has 0 aromatic carbocycles. The van der Waals surface area contributed by atoms with E-state index in [1.165, 1.54) is 11.1 Å². The van der Waals surface area contributed by atoms with Crippen LogP contribution in [0.15, 0.2) is 6.20 Å². The molecule has 0 aliphatic rings. The Labute approximate surface area is 81.5 Å². The van der Waals surface area contributed by atoms with Gasteiger partial charge in [0.15, 0.2) is 5.69 Å². The van der Waals surface area contributed by atoms with E-state index in [2.05, 4.69) is 15.4 Å². The molecule has 74 valence electrons. The number of nitrogens with one attached hydrogen (secondary N) is 1. The molecular formula is C8H11N5O. The number of aromatic amines is 1. The molecule has 1 amide bonds. The summed E-state index contributed by atoms with van der Waals surface area (Å²) in [7, 11) is 0.